The molecule has 1 heterocycles. The van der Waals surface area contributed by atoms with Crippen molar-refractivity contribution in [3.05, 3.63) is 47.2 Å². The van der Waals surface area contributed by atoms with Crippen LogP contribution in [0.1, 0.15) is 36.6 Å². The molecular formula is C21H24F3N3O3. The lowest BCUT2D eigenvalue weighted by Crippen LogP contribution is -2.38. The van der Waals surface area contributed by atoms with E-state index in [4.69, 9.17) is 16.2 Å². The second-order valence-electron chi connectivity index (χ2n) is 7.40. The third kappa shape index (κ3) is 4.41. The summed E-state index contributed by atoms with van der Waals surface area (Å²) in [6, 6.07) is 6.01. The zero-order valence-corrected chi connectivity index (χ0v) is 16.5. The van der Waals surface area contributed by atoms with E-state index in [1.165, 1.54) is 12.1 Å². The molecule has 1 amide bonds. The average Bonchev–Trinajstić information content (AvgIpc) is 3.53. The van der Waals surface area contributed by atoms with Gasteiger partial charge in [0.15, 0.2) is 0 Å². The topological polar surface area (TPSA) is 111 Å². The molecule has 0 bridgehead atoms. The first-order valence-corrected chi connectivity index (χ1v) is 9.65. The van der Waals surface area contributed by atoms with Crippen molar-refractivity contribution in [2.24, 2.45) is 17.4 Å². The van der Waals surface area contributed by atoms with Crippen molar-refractivity contribution in [1.82, 2.24) is 4.98 Å². The largest absolute Gasteiger partial charge is 0.491 e. The molecule has 1 aliphatic rings. The zero-order valence-electron chi connectivity index (χ0n) is 16.5. The summed E-state index contributed by atoms with van der Waals surface area (Å²) in [5, 5.41) is 11.1. The Kier molecular flexibility index (Phi) is 6.05. The van der Waals surface area contributed by atoms with Crippen LogP contribution >= 0.6 is 0 Å². The Morgan fingerprint density at radius 2 is 1.90 bits per heavy atom. The number of amides is 1. The van der Waals surface area contributed by atoms with Crippen LogP contribution in [0.5, 0.6) is 5.75 Å². The molecule has 0 saturated heterocycles. The standard InChI is InChI=1S/C21H24F3N3O3/c1-2-30-19-13(10-17(26)28)9-16(20(29,11-25)14-7-8-14)27-18(19)12-3-5-15(6-4-12)21(22,23)24/h3-6,9,14,29H,2,7-8,10-11,25H2,1H3,(H2,26,28)/t20-/m1/s1. The SMILES string of the molecule is CCOc1c(CC(N)=O)cc([C@@](O)(CN)C2CC2)nc1-c1ccc(C(F)(F)F)cc1. The van der Waals surface area contributed by atoms with Gasteiger partial charge < -0.3 is 21.3 Å². The summed E-state index contributed by atoms with van der Waals surface area (Å²) >= 11 is 0. The molecule has 162 valence electrons. The van der Waals surface area contributed by atoms with Crippen LogP contribution in [0, 0.1) is 5.92 Å². The number of hydrogen-bond acceptors (Lipinski definition) is 5. The lowest BCUT2D eigenvalue weighted by atomic mass is 9.90. The maximum atomic E-state index is 13.0. The molecular weight excluding hydrogens is 399 g/mol. The minimum atomic E-state index is -4.47. The minimum Gasteiger partial charge on any atom is -0.491 e. The van der Waals surface area contributed by atoms with Gasteiger partial charge in [-0.05, 0) is 43.9 Å². The Balaban J connectivity index is 2.20. The maximum Gasteiger partial charge on any atom is 0.416 e. The van der Waals surface area contributed by atoms with Crippen molar-refractivity contribution in [3.63, 3.8) is 0 Å². The Labute approximate surface area is 172 Å². The number of alkyl halides is 3. The number of halogens is 3. The number of aliphatic hydroxyl groups is 1. The molecule has 1 atom stereocenters. The first-order chi connectivity index (χ1) is 14.1. The van der Waals surface area contributed by atoms with E-state index in [1.54, 1.807) is 13.0 Å². The van der Waals surface area contributed by atoms with E-state index in [0.717, 1.165) is 25.0 Å². The maximum absolute atomic E-state index is 13.0. The number of ether oxygens (including phenoxy) is 1. The van der Waals surface area contributed by atoms with E-state index in [1.807, 2.05) is 0 Å². The fourth-order valence-corrected chi connectivity index (χ4v) is 3.49. The van der Waals surface area contributed by atoms with Gasteiger partial charge in [0.05, 0.1) is 24.3 Å². The number of nitrogens with two attached hydrogens (primary N) is 2. The van der Waals surface area contributed by atoms with Crippen molar-refractivity contribution in [3.8, 4) is 17.0 Å². The molecule has 0 unspecified atom stereocenters. The lowest BCUT2D eigenvalue weighted by molar-refractivity contribution is -0.137. The van der Waals surface area contributed by atoms with Gasteiger partial charge in [0.1, 0.15) is 17.0 Å². The highest BCUT2D eigenvalue weighted by Crippen LogP contribution is 2.46. The summed E-state index contributed by atoms with van der Waals surface area (Å²) in [7, 11) is 0. The fraction of sp³-hybridized carbons (Fsp3) is 0.429. The van der Waals surface area contributed by atoms with E-state index in [0.29, 0.717) is 11.1 Å². The molecule has 1 aliphatic carbocycles. The third-order valence-electron chi connectivity index (χ3n) is 5.20. The molecule has 1 fully saturated rings. The van der Waals surface area contributed by atoms with E-state index < -0.39 is 23.2 Å². The first-order valence-electron chi connectivity index (χ1n) is 9.65. The number of aromatic nitrogens is 1. The Bertz CT molecular complexity index is 928. The smallest absolute Gasteiger partial charge is 0.416 e. The van der Waals surface area contributed by atoms with Gasteiger partial charge in [0, 0.05) is 17.7 Å². The molecule has 5 N–H and O–H groups in total. The van der Waals surface area contributed by atoms with Crippen LogP contribution in [-0.4, -0.2) is 29.1 Å². The number of benzene rings is 1. The quantitative estimate of drug-likeness (QED) is 0.605. The van der Waals surface area contributed by atoms with Crippen molar-refractivity contribution in [2.45, 2.75) is 38.0 Å². The monoisotopic (exact) mass is 423 g/mol. The Morgan fingerprint density at radius 3 is 2.37 bits per heavy atom. The molecule has 9 heteroatoms. The molecule has 1 aromatic carbocycles. The van der Waals surface area contributed by atoms with E-state index >= 15 is 0 Å². The van der Waals surface area contributed by atoms with Crippen molar-refractivity contribution in [2.75, 3.05) is 13.2 Å². The predicted octanol–water partition coefficient (Wildman–Crippen LogP) is 2.75. The number of rotatable bonds is 8. The molecule has 0 aliphatic heterocycles. The summed E-state index contributed by atoms with van der Waals surface area (Å²) in [6.07, 6.45) is -3.09. The average molecular weight is 423 g/mol. The fourth-order valence-electron chi connectivity index (χ4n) is 3.49. The van der Waals surface area contributed by atoms with Crippen LogP contribution in [0.25, 0.3) is 11.3 Å². The predicted molar refractivity (Wildman–Crippen MR) is 104 cm³/mol. The van der Waals surface area contributed by atoms with Crippen molar-refractivity contribution < 1.29 is 27.8 Å². The lowest BCUT2D eigenvalue weighted by Gasteiger charge is -2.28. The minimum absolute atomic E-state index is 0.0742. The molecule has 1 aromatic heterocycles. The van der Waals surface area contributed by atoms with Gasteiger partial charge in [-0.1, -0.05) is 12.1 Å². The van der Waals surface area contributed by atoms with Gasteiger partial charge in [0.25, 0.3) is 0 Å². The number of pyridine rings is 1. The van der Waals surface area contributed by atoms with Crippen LogP contribution in [0.15, 0.2) is 30.3 Å². The van der Waals surface area contributed by atoms with Crippen LogP contribution in [0.2, 0.25) is 0 Å². The normalized spacial score (nSPS) is 16.2. The molecule has 30 heavy (non-hydrogen) atoms. The number of hydrogen-bond donors (Lipinski definition) is 3. The Hall–Kier alpha value is -2.65. The summed E-state index contributed by atoms with van der Waals surface area (Å²) in [5.41, 5.74) is 10.3. The van der Waals surface area contributed by atoms with Crippen LogP contribution < -0.4 is 16.2 Å². The van der Waals surface area contributed by atoms with Crippen LogP contribution in [-0.2, 0) is 23.0 Å². The van der Waals surface area contributed by atoms with Gasteiger partial charge in [-0.25, -0.2) is 4.98 Å². The number of carbonyl (C=O) groups excluding carboxylic acids is 1. The Morgan fingerprint density at radius 1 is 1.27 bits per heavy atom. The second kappa shape index (κ2) is 8.23. The first kappa shape index (κ1) is 22.0. The second-order valence-corrected chi connectivity index (χ2v) is 7.40. The number of carbonyl (C=O) groups is 1. The number of primary amides is 1. The van der Waals surface area contributed by atoms with Gasteiger partial charge in [-0.3, -0.25) is 4.79 Å². The van der Waals surface area contributed by atoms with E-state index in [-0.39, 0.29) is 42.6 Å². The van der Waals surface area contributed by atoms with Gasteiger partial charge in [0.2, 0.25) is 5.91 Å². The highest BCUT2D eigenvalue weighted by atomic mass is 19.4. The summed E-state index contributed by atoms with van der Waals surface area (Å²) in [4.78, 5) is 16.2. The van der Waals surface area contributed by atoms with E-state index in [9.17, 15) is 23.1 Å². The van der Waals surface area contributed by atoms with Crippen molar-refractivity contribution in [1.29, 1.82) is 0 Å². The van der Waals surface area contributed by atoms with Crippen LogP contribution in [0.4, 0.5) is 13.2 Å². The van der Waals surface area contributed by atoms with Crippen LogP contribution in [0.3, 0.4) is 0 Å². The third-order valence-corrected chi connectivity index (χ3v) is 5.20. The van der Waals surface area contributed by atoms with E-state index in [2.05, 4.69) is 4.98 Å². The molecule has 2 aromatic rings. The summed E-state index contributed by atoms with van der Waals surface area (Å²) in [6.45, 7) is 1.89. The van der Waals surface area contributed by atoms with Gasteiger partial charge >= 0.3 is 6.18 Å². The highest BCUT2D eigenvalue weighted by molar-refractivity contribution is 5.79. The van der Waals surface area contributed by atoms with Gasteiger partial charge in [-0.2, -0.15) is 13.2 Å². The zero-order chi connectivity index (χ0) is 22.1. The molecule has 0 spiro atoms. The van der Waals surface area contributed by atoms with Gasteiger partial charge in [-0.15, -0.1) is 0 Å². The van der Waals surface area contributed by atoms with Crippen molar-refractivity contribution >= 4 is 5.91 Å². The number of nitrogens with zero attached hydrogens (tertiary/aromatic N) is 1. The molecule has 1 saturated carbocycles. The molecule has 6 nitrogen and oxygen atoms in total. The molecule has 3 rings (SSSR count). The highest BCUT2D eigenvalue weighted by Gasteiger charge is 2.46. The molecule has 0 radical (unpaired) electrons. The summed E-state index contributed by atoms with van der Waals surface area (Å²) in [5.74, 6) is -0.445. The summed E-state index contributed by atoms with van der Waals surface area (Å²) < 4.78 is 44.6.